The van der Waals surface area contributed by atoms with Crippen LogP contribution in [0, 0.1) is 54.2 Å². The smallest absolute Gasteiger partial charge is 0.0437 e. The zero-order chi connectivity index (χ0) is 19.7. The highest BCUT2D eigenvalue weighted by molar-refractivity contribution is 7.10. The van der Waals surface area contributed by atoms with E-state index in [9.17, 15) is 0 Å². The molecule has 2 aromatic heterocycles. The van der Waals surface area contributed by atoms with Crippen LogP contribution < -0.4 is 0 Å². The second-order valence-corrected chi connectivity index (χ2v) is 11.1. The van der Waals surface area contributed by atoms with Crippen molar-refractivity contribution in [2.75, 3.05) is 0 Å². The average molecular weight is 417 g/mol. The van der Waals surface area contributed by atoms with Gasteiger partial charge in [-0.15, -0.1) is 22.7 Å². The van der Waals surface area contributed by atoms with Gasteiger partial charge in [-0.1, -0.05) is 48.5 Å². The highest BCUT2D eigenvalue weighted by Crippen LogP contribution is 2.41. The summed E-state index contributed by atoms with van der Waals surface area (Å²) < 4.78 is 2.91. The maximum absolute atomic E-state index is 2.41. The number of rotatable bonds is 0. The molecule has 0 aliphatic heterocycles. The van der Waals surface area contributed by atoms with Crippen molar-refractivity contribution >= 4 is 55.0 Å². The summed E-state index contributed by atoms with van der Waals surface area (Å²) in [6.45, 7) is 4.48. The van der Waals surface area contributed by atoms with Crippen LogP contribution in [0.4, 0.5) is 0 Å². The van der Waals surface area contributed by atoms with Crippen molar-refractivity contribution in [2.24, 2.45) is 0 Å². The number of hydrogen-bond donors (Lipinski definition) is 0. The Hall–Kier alpha value is -2.94. The summed E-state index contributed by atoms with van der Waals surface area (Å²) in [6.07, 6.45) is 0. The molecule has 0 amide bonds. The fourth-order valence-electron chi connectivity index (χ4n) is 5.93. The van der Waals surface area contributed by atoms with Gasteiger partial charge in [-0.2, -0.15) is 0 Å². The molecule has 2 heterocycles. The van der Waals surface area contributed by atoms with E-state index in [0.29, 0.717) is 0 Å². The lowest BCUT2D eigenvalue weighted by molar-refractivity contribution is 1.56. The van der Waals surface area contributed by atoms with E-state index in [4.69, 9.17) is 0 Å². The third kappa shape index (κ3) is 1.61. The molecule has 0 unspecified atom stereocenters. The zero-order valence-electron chi connectivity index (χ0n) is 16.6. The molecule has 30 heavy (non-hydrogen) atoms. The van der Waals surface area contributed by atoms with E-state index >= 15 is 0 Å². The minimum absolute atomic E-state index is 1.39. The molecule has 0 N–H and O–H groups in total. The Morgan fingerprint density at radius 3 is 1.27 bits per heavy atom. The lowest BCUT2D eigenvalue weighted by Gasteiger charge is -2.08. The highest BCUT2D eigenvalue weighted by Gasteiger charge is 2.21. The highest BCUT2D eigenvalue weighted by atomic mass is 32.1. The molecule has 2 aliphatic carbocycles. The van der Waals surface area contributed by atoms with E-state index in [2.05, 4.69) is 74.5 Å². The molecule has 0 radical (unpaired) electrons. The third-order valence-electron chi connectivity index (χ3n) is 6.88. The van der Waals surface area contributed by atoms with Crippen LogP contribution in [0.15, 0.2) is 60.7 Å². The molecule has 0 spiro atoms. The van der Waals surface area contributed by atoms with Crippen molar-refractivity contribution in [3.05, 3.63) is 111 Å². The summed E-state index contributed by atoms with van der Waals surface area (Å²) in [5, 5.41) is 17.3. The van der Waals surface area contributed by atoms with Crippen LogP contribution in [0.3, 0.4) is 0 Å². The molecule has 8 rings (SSSR count). The molecule has 4 aromatic carbocycles. The van der Waals surface area contributed by atoms with Crippen molar-refractivity contribution in [1.82, 2.24) is 0 Å². The van der Waals surface area contributed by atoms with E-state index in [1.807, 2.05) is 22.7 Å². The first-order chi connectivity index (χ1) is 14.7. The molecule has 0 nitrogen and oxygen atoms in total. The van der Waals surface area contributed by atoms with Crippen molar-refractivity contribution in [3.63, 3.8) is 0 Å². The lowest BCUT2D eigenvalue weighted by Crippen LogP contribution is -1.87. The molecule has 0 saturated heterocycles. The van der Waals surface area contributed by atoms with E-state index in [1.165, 1.54) is 82.4 Å². The number of hydrogen-bond acceptors (Lipinski definition) is 2. The molecule has 2 heteroatoms. The fourth-order valence-corrected chi connectivity index (χ4v) is 8.10. The summed E-state index contributed by atoms with van der Waals surface area (Å²) in [6, 6.07) is 23.0. The summed E-state index contributed by atoms with van der Waals surface area (Å²) in [7, 11) is 0. The van der Waals surface area contributed by atoms with E-state index in [1.54, 1.807) is 0 Å². The van der Waals surface area contributed by atoms with Gasteiger partial charge in [0, 0.05) is 50.5 Å². The van der Waals surface area contributed by atoms with Crippen molar-refractivity contribution < 1.29 is 0 Å². The summed E-state index contributed by atoms with van der Waals surface area (Å²) in [4.78, 5) is 2.79. The molecule has 6 aromatic rings. The van der Waals surface area contributed by atoms with Gasteiger partial charge in [0.25, 0.3) is 0 Å². The van der Waals surface area contributed by atoms with E-state index < -0.39 is 0 Å². The maximum atomic E-state index is 2.41. The Morgan fingerprint density at radius 1 is 0.500 bits per heavy atom. The Kier molecular flexibility index (Phi) is 2.65. The van der Waals surface area contributed by atoms with E-state index in [0.717, 1.165) is 0 Å². The summed E-state index contributed by atoms with van der Waals surface area (Å²) >= 11 is 3.91. The minimum Gasteiger partial charge on any atom is -0.140 e. The Morgan fingerprint density at radius 2 is 0.867 bits per heavy atom. The van der Waals surface area contributed by atoms with Gasteiger partial charge < -0.3 is 0 Å². The van der Waals surface area contributed by atoms with E-state index in [-0.39, 0.29) is 0 Å². The van der Waals surface area contributed by atoms with Gasteiger partial charge in [-0.05, 0) is 58.0 Å². The lowest BCUT2D eigenvalue weighted by atomic mass is 9.94. The Labute approximate surface area is 179 Å². The van der Waals surface area contributed by atoms with Gasteiger partial charge in [0.1, 0.15) is 0 Å². The predicted octanol–water partition coefficient (Wildman–Crippen LogP) is 7.66. The van der Waals surface area contributed by atoms with Gasteiger partial charge in [-0.25, -0.2) is 0 Å². The van der Waals surface area contributed by atoms with Crippen LogP contribution in [-0.4, -0.2) is 0 Å². The second-order valence-electron chi connectivity index (χ2n) is 8.54. The van der Waals surface area contributed by atoms with Crippen LogP contribution in [0.5, 0.6) is 0 Å². The average Bonchev–Trinajstić information content (AvgIpc) is 3.46. The monoisotopic (exact) mass is 416 g/mol. The quantitative estimate of drug-likeness (QED) is 0.223. The molecule has 0 saturated carbocycles. The number of thiophene rings is 2. The van der Waals surface area contributed by atoms with Crippen molar-refractivity contribution in [3.8, 4) is 0 Å². The summed E-state index contributed by atoms with van der Waals surface area (Å²) in [5.41, 5.74) is 0. The summed E-state index contributed by atoms with van der Waals surface area (Å²) in [5.74, 6) is 0. The van der Waals surface area contributed by atoms with Gasteiger partial charge in [-0.3, -0.25) is 0 Å². The van der Waals surface area contributed by atoms with Gasteiger partial charge in [0.15, 0.2) is 0 Å². The largest absolute Gasteiger partial charge is 0.140 e. The van der Waals surface area contributed by atoms with Crippen LogP contribution >= 0.6 is 22.7 Å². The third-order valence-corrected chi connectivity index (χ3v) is 9.02. The zero-order valence-corrected chi connectivity index (χ0v) is 18.2. The van der Waals surface area contributed by atoms with Crippen LogP contribution in [0.1, 0.15) is 9.75 Å². The number of fused-ring (bicyclic) bond motifs is 8. The van der Waals surface area contributed by atoms with Crippen LogP contribution in [0.25, 0.3) is 32.3 Å². The first-order valence-corrected chi connectivity index (χ1v) is 12.0. The second kappa shape index (κ2) is 5.03. The molecule has 0 atom stereocenters. The Balaban J connectivity index is 2.01. The first kappa shape index (κ1) is 15.8. The first-order valence-electron chi connectivity index (χ1n) is 10.4. The normalized spacial score (nSPS) is 13.0. The standard InChI is InChI=1S/C28H16S2/c1-13-11-19-21-15-7-3-4-8-16(15)22-20-12-14(2)30-28(20)24-18-10-6-5-9-17(18)23(27(19)29-13)25(21)26(22)24/h3-12H,1-2H3. The fraction of sp³-hybridized carbons (Fsp3) is 0.0714. The number of benzene rings is 4. The molecule has 2 aliphatic rings. The van der Waals surface area contributed by atoms with Crippen LogP contribution in [0.2, 0.25) is 0 Å². The van der Waals surface area contributed by atoms with Gasteiger partial charge >= 0.3 is 0 Å². The van der Waals surface area contributed by atoms with Gasteiger partial charge in [0.05, 0.1) is 0 Å². The molecular formula is C28H16S2. The molecular weight excluding hydrogens is 400 g/mol. The predicted molar refractivity (Wildman–Crippen MR) is 128 cm³/mol. The molecule has 140 valence electrons. The van der Waals surface area contributed by atoms with Crippen molar-refractivity contribution in [1.29, 1.82) is 0 Å². The Bertz CT molecular complexity index is 1870. The maximum Gasteiger partial charge on any atom is 0.0437 e. The number of aryl methyl sites for hydroxylation is 2. The van der Waals surface area contributed by atoms with Crippen LogP contribution in [-0.2, 0) is 0 Å². The van der Waals surface area contributed by atoms with Crippen molar-refractivity contribution in [2.45, 2.75) is 13.8 Å². The SMILES string of the molecule is Cc1cc2c(s1)=c1c3ccccc3c3c4c(c5ccccc5c=2c14)=c1cc(C)sc1=3. The minimum atomic E-state index is 1.39. The topological polar surface area (TPSA) is 0 Å². The molecule has 0 fully saturated rings. The molecule has 0 bridgehead atoms. The van der Waals surface area contributed by atoms with Gasteiger partial charge in [0.2, 0.25) is 0 Å².